The van der Waals surface area contributed by atoms with Crippen molar-refractivity contribution in [3.63, 3.8) is 0 Å². The van der Waals surface area contributed by atoms with E-state index in [0.717, 1.165) is 80.2 Å². The van der Waals surface area contributed by atoms with Gasteiger partial charge in [-0.1, -0.05) is 25.7 Å². The lowest BCUT2D eigenvalue weighted by Gasteiger charge is -2.38. The Kier molecular flexibility index (Phi) is 17.0. The van der Waals surface area contributed by atoms with Crippen LogP contribution >= 0.6 is 49.9 Å². The van der Waals surface area contributed by atoms with Crippen LogP contribution in [-0.2, 0) is 26.0 Å². The summed E-state index contributed by atoms with van der Waals surface area (Å²) >= 11 is 8.23. The fourth-order valence-corrected chi connectivity index (χ4v) is 37.2. The summed E-state index contributed by atoms with van der Waals surface area (Å²) in [6.45, 7) is 32.3. The van der Waals surface area contributed by atoms with Crippen LogP contribution in [0.3, 0.4) is 0 Å². The maximum absolute atomic E-state index is 15.0. The van der Waals surface area contributed by atoms with E-state index in [1.165, 1.54) is 11.3 Å². The third-order valence-corrected chi connectivity index (χ3v) is 33.1. The summed E-state index contributed by atoms with van der Waals surface area (Å²) in [5.74, 6) is -0.228. The molecule has 2 amide bonds. The highest BCUT2D eigenvalue weighted by Gasteiger charge is 2.49. The molecule has 0 aromatic carbocycles. The molecule has 62 heavy (non-hydrogen) atoms. The lowest BCUT2D eigenvalue weighted by molar-refractivity contribution is -0.124. The molecule has 0 spiro atoms. The van der Waals surface area contributed by atoms with E-state index in [0.29, 0.717) is 40.5 Å². The predicted octanol–water partition coefficient (Wildman–Crippen LogP) is 13.8. The molecule has 0 aliphatic carbocycles. The van der Waals surface area contributed by atoms with Crippen molar-refractivity contribution in [2.75, 3.05) is 13.1 Å². The van der Waals surface area contributed by atoms with Crippen LogP contribution in [0.25, 0.3) is 21.1 Å². The number of halogens is 1. The molecular formula is C43H69BrN2O7S3Si6. The number of rotatable bonds is 24. The quantitative estimate of drug-likeness (QED) is 0.0501. The van der Waals surface area contributed by atoms with Gasteiger partial charge in [-0.15, -0.1) is 34.0 Å². The minimum atomic E-state index is -2.39. The van der Waals surface area contributed by atoms with Crippen LogP contribution in [-0.4, -0.2) is 91.4 Å². The number of nitrogens with zero attached hydrogens (tertiary/aromatic N) is 2. The van der Waals surface area contributed by atoms with Crippen molar-refractivity contribution in [3.05, 3.63) is 66.0 Å². The molecule has 2 aliphatic heterocycles. The van der Waals surface area contributed by atoms with E-state index in [2.05, 4.69) is 108 Å². The minimum absolute atomic E-state index is 0.114. The Morgan fingerprint density at radius 2 is 0.871 bits per heavy atom. The van der Waals surface area contributed by atoms with Gasteiger partial charge >= 0.3 is 17.1 Å². The van der Waals surface area contributed by atoms with E-state index in [4.69, 9.17) is 16.5 Å². The Hall–Kier alpha value is -1.19. The van der Waals surface area contributed by atoms with Gasteiger partial charge in [0.2, 0.25) is 0 Å². The molecule has 5 rings (SSSR count). The van der Waals surface area contributed by atoms with Crippen molar-refractivity contribution in [2.45, 2.75) is 142 Å². The average molecular weight is 1070 g/mol. The van der Waals surface area contributed by atoms with Gasteiger partial charge in [-0.25, -0.2) is 0 Å². The van der Waals surface area contributed by atoms with Crippen LogP contribution in [0.1, 0.15) is 58.0 Å². The Morgan fingerprint density at radius 1 is 0.500 bits per heavy atom. The molecule has 9 nitrogen and oxygen atoms in total. The minimum Gasteiger partial charge on any atom is -0.437 e. The highest BCUT2D eigenvalue weighted by Crippen LogP contribution is 2.50. The Balaban J connectivity index is 1.43. The summed E-state index contributed by atoms with van der Waals surface area (Å²) in [7, 11) is -12.0. The number of hydrogen-bond donors (Lipinski definition) is 0. The first kappa shape index (κ1) is 51.8. The molecule has 0 radical (unpaired) electrons. The first-order valence-electron chi connectivity index (χ1n) is 21.9. The molecule has 0 unspecified atom stereocenters. The number of amides is 2. The molecule has 2 aliphatic rings. The maximum Gasteiger partial charge on any atom is 0.314 e. The zero-order valence-corrected chi connectivity index (χ0v) is 49.5. The Labute approximate surface area is 398 Å². The van der Waals surface area contributed by atoms with Crippen LogP contribution in [0.5, 0.6) is 0 Å². The van der Waals surface area contributed by atoms with E-state index in [1.54, 1.807) is 22.7 Å². The van der Waals surface area contributed by atoms with Gasteiger partial charge in [0.1, 0.15) is 0 Å². The zero-order valence-electron chi connectivity index (χ0n) is 39.5. The van der Waals surface area contributed by atoms with Crippen molar-refractivity contribution in [2.24, 2.45) is 0 Å². The largest absolute Gasteiger partial charge is 0.437 e. The molecule has 0 fully saturated rings. The molecule has 3 aromatic heterocycles. The lowest BCUT2D eigenvalue weighted by Crippen LogP contribution is -2.52. The standard InChI is InChI=1S/C43H69BrN2O7S3Si6/c1-57(2,3)50-61(13,51-58(4,5)6)29-19-15-17-27-45-40(35-24-23-34(55-35)33-22-21-32(31-47)54-33)38-39(43(45)49)41(36-25-26-37(44)56-36)46(42(38)48)28-18-16-20-30-62(14,52-59(7,8)9)53-60(10,11)12/h21-26,31H,15-20,27-30H2,1-14H3. The molecule has 0 atom stereocenters. The van der Waals surface area contributed by atoms with Gasteiger partial charge in [0.15, 0.2) is 39.6 Å². The van der Waals surface area contributed by atoms with Gasteiger partial charge in [-0.05, 0) is 169 Å². The molecule has 0 saturated carbocycles. The fraction of sp³-hybridized carbons (Fsp3) is 0.558. The number of fused-ring (bicyclic) bond motifs is 1. The van der Waals surface area contributed by atoms with Crippen molar-refractivity contribution in [1.82, 2.24) is 9.80 Å². The topological polar surface area (TPSA) is 94.6 Å². The third-order valence-electron chi connectivity index (χ3n) is 9.93. The van der Waals surface area contributed by atoms with Crippen LogP contribution in [0, 0.1) is 0 Å². The number of carbonyl (C=O) groups is 3. The normalized spacial score (nSPS) is 15.9. The second kappa shape index (κ2) is 20.4. The number of hydrogen-bond acceptors (Lipinski definition) is 10. The Morgan fingerprint density at radius 3 is 1.24 bits per heavy atom. The second-order valence-corrected chi connectivity index (χ2v) is 51.1. The third kappa shape index (κ3) is 14.2. The van der Waals surface area contributed by atoms with Crippen molar-refractivity contribution >= 4 is 130 Å². The molecular weight excluding hydrogens is 1000 g/mol. The van der Waals surface area contributed by atoms with Gasteiger partial charge < -0.3 is 26.3 Å². The molecule has 0 N–H and O–H groups in total. The predicted molar refractivity (Wildman–Crippen MR) is 281 cm³/mol. The van der Waals surface area contributed by atoms with Gasteiger partial charge in [-0.2, -0.15) is 0 Å². The van der Waals surface area contributed by atoms with E-state index in [1.807, 2.05) is 46.2 Å². The zero-order chi connectivity index (χ0) is 46.1. The van der Waals surface area contributed by atoms with E-state index < -0.39 is 50.4 Å². The average Bonchev–Trinajstić information content (AvgIpc) is 3.93. The van der Waals surface area contributed by atoms with Gasteiger partial charge in [0.05, 0.1) is 41.0 Å². The molecule has 5 heterocycles. The maximum atomic E-state index is 15.0. The van der Waals surface area contributed by atoms with Crippen LogP contribution in [0.2, 0.25) is 104 Å². The van der Waals surface area contributed by atoms with Crippen molar-refractivity contribution in [3.8, 4) is 9.75 Å². The summed E-state index contributed by atoms with van der Waals surface area (Å²) in [4.78, 5) is 49.7. The lowest BCUT2D eigenvalue weighted by atomic mass is 10.1. The fourth-order valence-electron chi connectivity index (χ4n) is 8.55. The number of thiophene rings is 3. The first-order chi connectivity index (χ1) is 28.6. The van der Waals surface area contributed by atoms with E-state index in [-0.39, 0.29) is 11.8 Å². The van der Waals surface area contributed by atoms with Gasteiger partial charge in [-0.3, -0.25) is 14.4 Å². The van der Waals surface area contributed by atoms with Crippen LogP contribution < -0.4 is 0 Å². The second-order valence-electron chi connectivity index (χ2n) is 20.7. The monoisotopic (exact) mass is 1070 g/mol. The smallest absolute Gasteiger partial charge is 0.314 e. The van der Waals surface area contributed by atoms with Gasteiger partial charge in [0, 0.05) is 22.8 Å². The summed E-state index contributed by atoms with van der Waals surface area (Å²) in [6, 6.07) is 13.7. The summed E-state index contributed by atoms with van der Waals surface area (Å²) in [5.41, 5.74) is 2.43. The SMILES string of the molecule is C[Si](C)(C)O[Si](C)(CCCCCN1C(=O)C2=C(c3ccc(-c4ccc(C=O)s4)s3)N(CCCCC[Si](C)(O[Si](C)(C)C)O[Si](C)(C)C)C(=O)C2=C1c1ccc(Br)s1)O[Si](C)(C)C. The number of unbranched alkanes of at least 4 members (excludes halogenated alkanes) is 4. The summed E-state index contributed by atoms with van der Waals surface area (Å²) in [6.07, 6.45) is 6.20. The molecule has 0 bridgehead atoms. The Bertz CT molecular complexity index is 2130. The van der Waals surface area contributed by atoms with Gasteiger partial charge in [0.25, 0.3) is 11.8 Å². The molecule has 3 aromatic rings. The molecule has 0 saturated heterocycles. The molecule has 19 heteroatoms. The summed E-state index contributed by atoms with van der Waals surface area (Å²) < 4.78 is 28.1. The van der Waals surface area contributed by atoms with Crippen LogP contribution in [0.4, 0.5) is 0 Å². The van der Waals surface area contributed by atoms with E-state index in [9.17, 15) is 14.4 Å². The number of carbonyl (C=O) groups excluding carboxylic acids is 3. The van der Waals surface area contributed by atoms with Crippen LogP contribution in [0.15, 0.2) is 51.3 Å². The van der Waals surface area contributed by atoms with E-state index >= 15 is 0 Å². The first-order valence-corrected chi connectivity index (χ1v) is 43.9. The molecule has 342 valence electrons. The number of aldehydes is 1. The highest BCUT2D eigenvalue weighted by atomic mass is 79.9. The highest BCUT2D eigenvalue weighted by molar-refractivity contribution is 9.11. The van der Waals surface area contributed by atoms with Crippen molar-refractivity contribution < 1.29 is 30.8 Å². The summed E-state index contributed by atoms with van der Waals surface area (Å²) in [5, 5.41) is 0. The van der Waals surface area contributed by atoms with Crippen molar-refractivity contribution in [1.29, 1.82) is 0 Å².